The van der Waals surface area contributed by atoms with Crippen molar-refractivity contribution in [3.05, 3.63) is 28.3 Å². The Bertz CT molecular complexity index is 519. The molecule has 0 aliphatic rings. The molecule has 0 bridgehead atoms. The van der Waals surface area contributed by atoms with Crippen LogP contribution in [0, 0.1) is 10.1 Å². The minimum Gasteiger partial charge on any atom is -0.490 e. The van der Waals surface area contributed by atoms with Crippen molar-refractivity contribution in [3.8, 4) is 5.75 Å². The summed E-state index contributed by atoms with van der Waals surface area (Å²) in [6.45, 7) is -1.50. The van der Waals surface area contributed by atoms with Crippen LogP contribution in [0.4, 0.5) is 29.3 Å². The lowest BCUT2D eigenvalue weighted by Crippen LogP contribution is -2.36. The highest BCUT2D eigenvalue weighted by Gasteiger charge is 2.27. The Morgan fingerprint density at radius 3 is 2.60 bits per heavy atom. The van der Waals surface area contributed by atoms with Gasteiger partial charge in [-0.3, -0.25) is 10.1 Å². The van der Waals surface area contributed by atoms with Gasteiger partial charge in [0, 0.05) is 11.8 Å². The van der Waals surface area contributed by atoms with Crippen LogP contribution in [-0.4, -0.2) is 30.8 Å². The number of rotatable bonds is 4. The lowest BCUT2D eigenvalue weighted by Gasteiger charge is -2.10. The molecule has 0 aromatic heterocycles. The topological polar surface area (TPSA) is 93.5 Å². The maximum absolute atomic E-state index is 11.9. The standard InChI is InChI=1S/C10H10F3N3O4/c1-20-8-3-2-6(4-7(8)16(18)19)15-9(17)14-5-10(11,12)13/h2-4H,5H2,1H3,(H2,14,15,17). The quantitative estimate of drug-likeness (QED) is 0.658. The zero-order valence-electron chi connectivity index (χ0n) is 10.2. The second-order valence-electron chi connectivity index (χ2n) is 3.57. The van der Waals surface area contributed by atoms with Crippen LogP contribution in [0.3, 0.4) is 0 Å². The van der Waals surface area contributed by atoms with Crippen LogP contribution in [0.2, 0.25) is 0 Å². The van der Waals surface area contributed by atoms with Gasteiger partial charge in [-0.2, -0.15) is 13.2 Å². The first-order valence-electron chi connectivity index (χ1n) is 5.17. The summed E-state index contributed by atoms with van der Waals surface area (Å²) in [6, 6.07) is 2.34. The van der Waals surface area contributed by atoms with Crippen molar-refractivity contribution in [3.63, 3.8) is 0 Å². The summed E-state index contributed by atoms with van der Waals surface area (Å²) >= 11 is 0. The number of methoxy groups -OCH3 is 1. The molecule has 0 unspecified atom stereocenters. The van der Waals surface area contributed by atoms with Gasteiger partial charge in [0.1, 0.15) is 6.54 Å². The smallest absolute Gasteiger partial charge is 0.405 e. The van der Waals surface area contributed by atoms with Crippen LogP contribution in [-0.2, 0) is 0 Å². The van der Waals surface area contributed by atoms with E-state index < -0.39 is 29.4 Å². The van der Waals surface area contributed by atoms with E-state index in [1.807, 2.05) is 0 Å². The molecule has 0 aliphatic carbocycles. The van der Waals surface area contributed by atoms with Crippen molar-refractivity contribution >= 4 is 17.4 Å². The van der Waals surface area contributed by atoms with E-state index in [0.717, 1.165) is 6.07 Å². The number of anilines is 1. The van der Waals surface area contributed by atoms with Crippen molar-refractivity contribution in [2.75, 3.05) is 19.0 Å². The Morgan fingerprint density at radius 2 is 2.10 bits per heavy atom. The number of carbonyl (C=O) groups excluding carboxylic acids is 1. The van der Waals surface area contributed by atoms with Crippen LogP contribution in [0.1, 0.15) is 0 Å². The van der Waals surface area contributed by atoms with Crippen LogP contribution < -0.4 is 15.4 Å². The molecule has 0 aliphatic heterocycles. The summed E-state index contributed by atoms with van der Waals surface area (Å²) in [6.07, 6.45) is -4.54. The van der Waals surface area contributed by atoms with E-state index in [2.05, 4.69) is 5.32 Å². The molecule has 1 aromatic rings. The summed E-state index contributed by atoms with van der Waals surface area (Å²) in [5.41, 5.74) is -0.446. The lowest BCUT2D eigenvalue weighted by atomic mass is 10.2. The van der Waals surface area contributed by atoms with E-state index >= 15 is 0 Å². The van der Waals surface area contributed by atoms with Crippen molar-refractivity contribution in [1.29, 1.82) is 0 Å². The largest absolute Gasteiger partial charge is 0.490 e. The number of amides is 2. The summed E-state index contributed by atoms with van der Waals surface area (Å²) < 4.78 is 40.4. The second-order valence-corrected chi connectivity index (χ2v) is 3.57. The molecule has 2 amide bonds. The molecule has 0 atom stereocenters. The van der Waals surface area contributed by atoms with Gasteiger partial charge in [0.05, 0.1) is 12.0 Å². The molecular formula is C10H10F3N3O4. The molecular weight excluding hydrogens is 283 g/mol. The number of nitro groups is 1. The van der Waals surface area contributed by atoms with Gasteiger partial charge < -0.3 is 15.4 Å². The molecule has 1 aromatic carbocycles. The number of halogens is 3. The molecule has 110 valence electrons. The predicted octanol–water partition coefficient (Wildman–Crippen LogP) is 2.29. The fraction of sp³-hybridized carbons (Fsp3) is 0.300. The molecule has 20 heavy (non-hydrogen) atoms. The molecule has 2 N–H and O–H groups in total. The Hall–Kier alpha value is -2.52. The van der Waals surface area contributed by atoms with Crippen LogP contribution in [0.15, 0.2) is 18.2 Å². The molecule has 1 rings (SSSR count). The molecule has 0 radical (unpaired) electrons. The maximum atomic E-state index is 11.9. The summed E-state index contributed by atoms with van der Waals surface area (Å²) in [7, 11) is 1.23. The number of alkyl halides is 3. The third-order valence-corrected chi connectivity index (χ3v) is 2.08. The molecule has 0 heterocycles. The van der Waals surface area contributed by atoms with E-state index in [-0.39, 0.29) is 11.4 Å². The minimum absolute atomic E-state index is 0.0304. The maximum Gasteiger partial charge on any atom is 0.405 e. The highest BCUT2D eigenvalue weighted by atomic mass is 19.4. The molecule has 7 nitrogen and oxygen atoms in total. The van der Waals surface area contributed by atoms with Crippen molar-refractivity contribution in [1.82, 2.24) is 5.32 Å². The van der Waals surface area contributed by atoms with Gasteiger partial charge in [-0.25, -0.2) is 4.79 Å². The van der Waals surface area contributed by atoms with E-state index in [1.165, 1.54) is 19.2 Å². The SMILES string of the molecule is COc1ccc(NC(=O)NCC(F)(F)F)cc1[N+](=O)[O-]. The molecule has 0 saturated carbocycles. The van der Waals surface area contributed by atoms with E-state index in [4.69, 9.17) is 4.74 Å². The zero-order valence-corrected chi connectivity index (χ0v) is 10.2. The summed E-state index contributed by atoms with van der Waals surface area (Å²) in [5.74, 6) is -0.0313. The van der Waals surface area contributed by atoms with Crippen LogP contribution >= 0.6 is 0 Å². The first-order chi connectivity index (χ1) is 9.23. The highest BCUT2D eigenvalue weighted by Crippen LogP contribution is 2.29. The average Bonchev–Trinajstić information content (AvgIpc) is 2.35. The number of ether oxygens (including phenoxy) is 1. The van der Waals surface area contributed by atoms with Crippen molar-refractivity contribution in [2.24, 2.45) is 0 Å². The fourth-order valence-electron chi connectivity index (χ4n) is 1.27. The van der Waals surface area contributed by atoms with Gasteiger partial charge in [-0.05, 0) is 12.1 Å². The number of benzene rings is 1. The van der Waals surface area contributed by atoms with Gasteiger partial charge in [-0.15, -0.1) is 0 Å². The highest BCUT2D eigenvalue weighted by molar-refractivity contribution is 5.89. The number of hydrogen-bond acceptors (Lipinski definition) is 4. The van der Waals surface area contributed by atoms with Gasteiger partial charge >= 0.3 is 17.9 Å². The fourth-order valence-corrected chi connectivity index (χ4v) is 1.27. The third kappa shape index (κ3) is 4.63. The van der Waals surface area contributed by atoms with Crippen LogP contribution in [0.25, 0.3) is 0 Å². The lowest BCUT2D eigenvalue weighted by molar-refractivity contribution is -0.385. The first kappa shape index (κ1) is 15.5. The average molecular weight is 293 g/mol. The van der Waals surface area contributed by atoms with E-state index in [0.29, 0.717) is 0 Å². The molecule has 0 spiro atoms. The predicted molar refractivity (Wildman–Crippen MR) is 62.7 cm³/mol. The molecule has 10 heteroatoms. The normalized spacial score (nSPS) is 10.8. The number of nitrogens with one attached hydrogen (secondary N) is 2. The summed E-state index contributed by atoms with van der Waals surface area (Å²) in [4.78, 5) is 21.2. The van der Waals surface area contributed by atoms with Crippen LogP contribution in [0.5, 0.6) is 5.75 Å². The molecule has 0 fully saturated rings. The third-order valence-electron chi connectivity index (χ3n) is 2.08. The van der Waals surface area contributed by atoms with E-state index in [9.17, 15) is 28.1 Å². The van der Waals surface area contributed by atoms with Crippen molar-refractivity contribution in [2.45, 2.75) is 6.18 Å². The number of urea groups is 1. The van der Waals surface area contributed by atoms with Gasteiger partial charge in [-0.1, -0.05) is 0 Å². The Labute approximate surface area is 110 Å². The Balaban J connectivity index is 2.76. The zero-order chi connectivity index (χ0) is 15.3. The monoisotopic (exact) mass is 293 g/mol. The van der Waals surface area contributed by atoms with Gasteiger partial charge in [0.2, 0.25) is 0 Å². The summed E-state index contributed by atoms with van der Waals surface area (Å²) in [5, 5.41) is 14.3. The van der Waals surface area contributed by atoms with Gasteiger partial charge in [0.15, 0.2) is 5.75 Å². The Kier molecular flexibility index (Phi) is 4.73. The van der Waals surface area contributed by atoms with E-state index in [1.54, 1.807) is 5.32 Å². The second kappa shape index (κ2) is 6.08. The first-order valence-corrected chi connectivity index (χ1v) is 5.17. The van der Waals surface area contributed by atoms with Gasteiger partial charge in [0.25, 0.3) is 0 Å². The minimum atomic E-state index is -4.54. The number of nitrogens with zero attached hydrogens (tertiary/aromatic N) is 1. The molecule has 0 saturated heterocycles. The number of carbonyl (C=O) groups is 1. The number of hydrogen-bond donors (Lipinski definition) is 2. The Morgan fingerprint density at radius 1 is 1.45 bits per heavy atom. The van der Waals surface area contributed by atoms with Crippen molar-refractivity contribution < 1.29 is 27.6 Å². The number of nitro benzene ring substituents is 1.